The average Bonchev–Trinajstić information content (AvgIpc) is 2.72. The van der Waals surface area contributed by atoms with Crippen LogP contribution in [0.5, 0.6) is 0 Å². The van der Waals surface area contributed by atoms with E-state index in [1.54, 1.807) is 0 Å². The van der Waals surface area contributed by atoms with Gasteiger partial charge in [0.1, 0.15) is 4.60 Å². The molecule has 0 radical (unpaired) electrons. The molecule has 2 nitrogen and oxygen atoms in total. The first-order valence-electron chi connectivity index (χ1n) is 5.05. The van der Waals surface area contributed by atoms with Gasteiger partial charge < -0.3 is 0 Å². The number of hydrogen-bond donors (Lipinski definition) is 0. The average molecular weight is 243 g/mol. The molecule has 0 aromatic carbocycles. The Bertz CT molecular complexity index is 287. The Kier molecular flexibility index (Phi) is 2.72. The summed E-state index contributed by atoms with van der Waals surface area (Å²) in [7, 11) is 0. The van der Waals surface area contributed by atoms with Gasteiger partial charge in [-0.15, -0.1) is 0 Å². The van der Waals surface area contributed by atoms with E-state index in [2.05, 4.69) is 38.7 Å². The Balaban J connectivity index is 2.22. The summed E-state index contributed by atoms with van der Waals surface area (Å²) in [5.74, 6) is 0. The molecular formula is C10H15BrN2. The van der Waals surface area contributed by atoms with E-state index < -0.39 is 0 Å². The molecule has 1 fully saturated rings. The van der Waals surface area contributed by atoms with Crippen molar-refractivity contribution in [3.63, 3.8) is 0 Å². The van der Waals surface area contributed by atoms with Gasteiger partial charge in [-0.1, -0.05) is 19.8 Å². The Hall–Kier alpha value is -0.310. The van der Waals surface area contributed by atoms with E-state index >= 15 is 0 Å². The maximum Gasteiger partial charge on any atom is 0.104 e. The number of hydrogen-bond acceptors (Lipinski definition) is 1. The molecule has 0 unspecified atom stereocenters. The van der Waals surface area contributed by atoms with Crippen molar-refractivity contribution < 1.29 is 0 Å². The molecule has 0 N–H and O–H groups in total. The molecular weight excluding hydrogens is 228 g/mol. The van der Waals surface area contributed by atoms with Crippen molar-refractivity contribution in [2.45, 2.75) is 45.1 Å². The number of aryl methyl sites for hydroxylation is 1. The monoisotopic (exact) mass is 242 g/mol. The van der Waals surface area contributed by atoms with Crippen LogP contribution in [0.25, 0.3) is 0 Å². The van der Waals surface area contributed by atoms with Crippen LogP contribution in [0.3, 0.4) is 0 Å². The van der Waals surface area contributed by atoms with E-state index in [1.165, 1.54) is 31.4 Å². The van der Waals surface area contributed by atoms with Gasteiger partial charge in [-0.3, -0.25) is 4.68 Å². The molecule has 1 aliphatic rings. The van der Waals surface area contributed by atoms with Crippen molar-refractivity contribution in [3.05, 3.63) is 16.4 Å². The predicted octanol–water partition coefficient (Wildman–Crippen LogP) is 3.32. The van der Waals surface area contributed by atoms with E-state index in [0.717, 1.165) is 11.0 Å². The Morgan fingerprint density at radius 2 is 2.23 bits per heavy atom. The third-order valence-electron chi connectivity index (χ3n) is 2.77. The number of rotatable bonds is 2. The number of halogens is 1. The molecule has 1 saturated carbocycles. The quantitative estimate of drug-likeness (QED) is 0.779. The molecule has 0 bridgehead atoms. The second kappa shape index (κ2) is 3.82. The highest BCUT2D eigenvalue weighted by atomic mass is 79.9. The third-order valence-corrected chi connectivity index (χ3v) is 3.37. The Morgan fingerprint density at radius 1 is 1.54 bits per heavy atom. The fourth-order valence-corrected chi connectivity index (χ4v) is 2.63. The summed E-state index contributed by atoms with van der Waals surface area (Å²) >= 11 is 3.57. The van der Waals surface area contributed by atoms with Crippen LogP contribution in [0.2, 0.25) is 0 Å². The normalized spacial score (nSPS) is 18.3. The first kappa shape index (κ1) is 9.25. The topological polar surface area (TPSA) is 17.8 Å². The van der Waals surface area contributed by atoms with Crippen molar-refractivity contribution >= 4 is 15.9 Å². The maximum atomic E-state index is 4.58. The van der Waals surface area contributed by atoms with Gasteiger partial charge in [-0.2, -0.15) is 5.10 Å². The summed E-state index contributed by atoms with van der Waals surface area (Å²) in [5, 5.41) is 4.58. The van der Waals surface area contributed by atoms with Crippen LogP contribution in [-0.4, -0.2) is 9.78 Å². The SMILES string of the molecule is CCc1cc(Br)n(C2CCCC2)n1. The molecule has 3 heteroatoms. The second-order valence-electron chi connectivity index (χ2n) is 3.69. The summed E-state index contributed by atoms with van der Waals surface area (Å²) in [6, 6.07) is 2.79. The minimum absolute atomic E-state index is 0.648. The van der Waals surface area contributed by atoms with Crippen molar-refractivity contribution in [3.8, 4) is 0 Å². The molecule has 1 aromatic heterocycles. The van der Waals surface area contributed by atoms with Gasteiger partial charge in [0.2, 0.25) is 0 Å². The van der Waals surface area contributed by atoms with E-state index in [-0.39, 0.29) is 0 Å². The zero-order valence-corrected chi connectivity index (χ0v) is 9.55. The van der Waals surface area contributed by atoms with Crippen molar-refractivity contribution in [2.75, 3.05) is 0 Å². The summed E-state index contributed by atoms with van der Waals surface area (Å²) in [5.41, 5.74) is 1.19. The van der Waals surface area contributed by atoms with Crippen LogP contribution >= 0.6 is 15.9 Å². The van der Waals surface area contributed by atoms with Crippen molar-refractivity contribution in [1.82, 2.24) is 9.78 Å². The molecule has 72 valence electrons. The lowest BCUT2D eigenvalue weighted by atomic mass is 10.3. The minimum atomic E-state index is 0.648. The predicted molar refractivity (Wildman–Crippen MR) is 56.8 cm³/mol. The van der Waals surface area contributed by atoms with Gasteiger partial charge in [0, 0.05) is 0 Å². The lowest BCUT2D eigenvalue weighted by Crippen LogP contribution is -2.07. The Labute approximate surface area is 87.5 Å². The molecule has 1 heterocycles. The van der Waals surface area contributed by atoms with Gasteiger partial charge in [-0.05, 0) is 41.3 Å². The maximum absolute atomic E-state index is 4.58. The number of aromatic nitrogens is 2. The standard InChI is InChI=1S/C10H15BrN2/c1-2-8-7-10(11)13(12-8)9-5-3-4-6-9/h7,9H,2-6H2,1H3. The number of nitrogens with zero attached hydrogens (tertiary/aromatic N) is 2. The highest BCUT2D eigenvalue weighted by Gasteiger charge is 2.19. The molecule has 13 heavy (non-hydrogen) atoms. The summed E-state index contributed by atoms with van der Waals surface area (Å²) in [6.45, 7) is 2.15. The van der Waals surface area contributed by atoms with Crippen LogP contribution in [0.4, 0.5) is 0 Å². The fraction of sp³-hybridized carbons (Fsp3) is 0.700. The van der Waals surface area contributed by atoms with Crippen LogP contribution in [0.15, 0.2) is 10.7 Å². The van der Waals surface area contributed by atoms with E-state index in [9.17, 15) is 0 Å². The minimum Gasteiger partial charge on any atom is -0.255 e. The molecule has 1 aliphatic carbocycles. The summed E-state index contributed by atoms with van der Waals surface area (Å²) in [6.07, 6.45) is 6.34. The van der Waals surface area contributed by atoms with Crippen molar-refractivity contribution in [2.24, 2.45) is 0 Å². The van der Waals surface area contributed by atoms with Crippen LogP contribution < -0.4 is 0 Å². The zero-order valence-electron chi connectivity index (χ0n) is 7.96. The van der Waals surface area contributed by atoms with Crippen LogP contribution in [0, 0.1) is 0 Å². The van der Waals surface area contributed by atoms with E-state index in [4.69, 9.17) is 0 Å². The summed E-state index contributed by atoms with van der Waals surface area (Å²) < 4.78 is 3.31. The highest BCUT2D eigenvalue weighted by molar-refractivity contribution is 9.10. The second-order valence-corrected chi connectivity index (χ2v) is 4.51. The first-order chi connectivity index (χ1) is 6.31. The van der Waals surface area contributed by atoms with E-state index in [0.29, 0.717) is 6.04 Å². The van der Waals surface area contributed by atoms with Gasteiger partial charge in [0.25, 0.3) is 0 Å². The molecule has 2 rings (SSSR count). The largest absolute Gasteiger partial charge is 0.255 e. The molecule has 0 saturated heterocycles. The van der Waals surface area contributed by atoms with Gasteiger partial charge in [0.05, 0.1) is 11.7 Å². The molecule has 0 spiro atoms. The zero-order chi connectivity index (χ0) is 9.26. The van der Waals surface area contributed by atoms with Gasteiger partial charge in [-0.25, -0.2) is 0 Å². The van der Waals surface area contributed by atoms with Gasteiger partial charge in [0.15, 0.2) is 0 Å². The third kappa shape index (κ3) is 1.80. The fourth-order valence-electron chi connectivity index (χ4n) is 2.00. The molecule has 0 aliphatic heterocycles. The van der Waals surface area contributed by atoms with Crippen LogP contribution in [-0.2, 0) is 6.42 Å². The smallest absolute Gasteiger partial charge is 0.104 e. The first-order valence-corrected chi connectivity index (χ1v) is 5.84. The highest BCUT2D eigenvalue weighted by Crippen LogP contribution is 2.31. The van der Waals surface area contributed by atoms with Crippen molar-refractivity contribution in [1.29, 1.82) is 0 Å². The lowest BCUT2D eigenvalue weighted by molar-refractivity contribution is 0.455. The van der Waals surface area contributed by atoms with Gasteiger partial charge >= 0.3 is 0 Å². The lowest BCUT2D eigenvalue weighted by Gasteiger charge is -2.10. The molecule has 0 amide bonds. The van der Waals surface area contributed by atoms with E-state index in [1.807, 2.05) is 0 Å². The molecule has 0 atom stereocenters. The van der Waals surface area contributed by atoms with Crippen LogP contribution in [0.1, 0.15) is 44.3 Å². The summed E-state index contributed by atoms with van der Waals surface area (Å²) in [4.78, 5) is 0. The Morgan fingerprint density at radius 3 is 2.77 bits per heavy atom. The molecule has 1 aromatic rings.